The molecule has 5 rings (SSSR count). The van der Waals surface area contributed by atoms with E-state index in [1.54, 1.807) is 0 Å². The third-order valence-corrected chi connectivity index (χ3v) is 14.0. The Bertz CT molecular complexity index is 1330. The van der Waals surface area contributed by atoms with Crippen LogP contribution in [0, 0.1) is 52.3 Å². The van der Waals surface area contributed by atoms with Crippen LogP contribution in [0.5, 0.6) is 5.75 Å². The summed E-state index contributed by atoms with van der Waals surface area (Å²) in [5.41, 5.74) is 0.218. The highest BCUT2D eigenvalue weighted by Gasteiger charge is 2.64. The van der Waals surface area contributed by atoms with Crippen LogP contribution in [0.3, 0.4) is 0 Å². The second-order valence-electron chi connectivity index (χ2n) is 14.8. The second kappa shape index (κ2) is 12.5. The van der Waals surface area contributed by atoms with Crippen molar-refractivity contribution in [2.75, 3.05) is 6.54 Å². The highest BCUT2D eigenvalue weighted by atomic mass is 32.2. The summed E-state index contributed by atoms with van der Waals surface area (Å²) < 4.78 is 68.0. The normalized spacial score (nSPS) is 38.8. The number of alkyl halides is 3. The fourth-order valence-corrected chi connectivity index (χ4v) is 11.5. The highest BCUT2D eigenvalue weighted by molar-refractivity contribution is 7.90. The summed E-state index contributed by atoms with van der Waals surface area (Å²) in [5.74, 6) is 1.82. The van der Waals surface area contributed by atoms with Gasteiger partial charge in [-0.05, 0) is 128 Å². The Morgan fingerprint density at radius 3 is 2.31 bits per heavy atom. The van der Waals surface area contributed by atoms with Gasteiger partial charge in [0.05, 0.1) is 17.1 Å². The van der Waals surface area contributed by atoms with Crippen molar-refractivity contribution in [1.82, 2.24) is 10.0 Å². The lowest BCUT2D eigenvalue weighted by Gasteiger charge is -2.64. The first-order chi connectivity index (χ1) is 21.0. The van der Waals surface area contributed by atoms with Gasteiger partial charge in [-0.15, -0.1) is 13.2 Å². The van der Waals surface area contributed by atoms with Crippen LogP contribution >= 0.6 is 0 Å². The van der Waals surface area contributed by atoms with Crippen molar-refractivity contribution in [3.8, 4) is 5.75 Å². The largest absolute Gasteiger partial charge is 0.573 e. The van der Waals surface area contributed by atoms with Crippen molar-refractivity contribution < 1.29 is 41.3 Å². The second-order valence-corrected chi connectivity index (χ2v) is 16.5. The van der Waals surface area contributed by atoms with E-state index >= 15 is 0 Å². The lowest BCUT2D eigenvalue weighted by atomic mass is 9.41. The van der Waals surface area contributed by atoms with Crippen molar-refractivity contribution in [2.45, 2.75) is 109 Å². The fourth-order valence-electron chi connectivity index (χ4n) is 10.6. The summed E-state index contributed by atoms with van der Waals surface area (Å²) in [5, 5.41) is 25.0. The van der Waals surface area contributed by atoms with Gasteiger partial charge in [-0.3, -0.25) is 0 Å². The number of nitrogens with one attached hydrogen (secondary N) is 2. The number of halogens is 3. The minimum Gasteiger partial charge on any atom is -0.406 e. The van der Waals surface area contributed by atoms with E-state index in [1.807, 2.05) is 4.72 Å². The Hall–Kier alpha value is -2.05. The number of benzene rings is 1. The number of rotatable bonds is 8. The molecule has 4 aliphatic carbocycles. The Morgan fingerprint density at radius 1 is 1.02 bits per heavy atom. The predicted molar refractivity (Wildman–Crippen MR) is 162 cm³/mol. The van der Waals surface area contributed by atoms with Crippen LogP contribution in [0.25, 0.3) is 0 Å². The first-order valence-electron chi connectivity index (χ1n) is 16.5. The van der Waals surface area contributed by atoms with Crippen LogP contribution < -0.4 is 14.8 Å². The standard InChI is InChI=1S/C33H49F3N2O6S/c1-5-23-27-18-20(39)12-15-32(27,4)26-13-16-31(3)24(10-11-25(31)28(26)29(23)40)19(2)14-17-37-30(41)38-45(42,43)22-8-6-21(7-9-22)44-33(34,35)36/h6-9,19-20,23-29,39-40H,5,10-18H2,1-4H3,(H2,37,38,41)/t19-,20-,23-,24?,25+,26+,27?,28?,29-,31?,32?/m1/s1. The topological polar surface area (TPSA) is 125 Å². The third-order valence-electron chi connectivity index (χ3n) is 12.6. The van der Waals surface area contributed by atoms with Crippen LogP contribution in [0.15, 0.2) is 29.2 Å². The molecule has 4 saturated carbocycles. The van der Waals surface area contributed by atoms with Gasteiger partial charge in [0.15, 0.2) is 0 Å². The van der Waals surface area contributed by atoms with Gasteiger partial charge in [0.2, 0.25) is 0 Å². The zero-order valence-corrected chi connectivity index (χ0v) is 27.5. The predicted octanol–water partition coefficient (Wildman–Crippen LogP) is 6.23. The summed E-state index contributed by atoms with van der Waals surface area (Å²) >= 11 is 0. The molecule has 4 aliphatic rings. The Balaban J connectivity index is 1.18. The van der Waals surface area contributed by atoms with Gasteiger partial charge in [0.25, 0.3) is 10.0 Å². The van der Waals surface area contributed by atoms with Crippen LogP contribution in [-0.2, 0) is 10.0 Å². The molecule has 4 fully saturated rings. The average molecular weight is 659 g/mol. The summed E-state index contributed by atoms with van der Waals surface area (Å²) in [6.07, 6.45) is 3.02. The van der Waals surface area contributed by atoms with Gasteiger partial charge in [0.1, 0.15) is 5.75 Å². The van der Waals surface area contributed by atoms with Gasteiger partial charge >= 0.3 is 12.4 Å². The van der Waals surface area contributed by atoms with Crippen molar-refractivity contribution >= 4 is 16.1 Å². The van der Waals surface area contributed by atoms with Crippen LogP contribution in [0.2, 0.25) is 0 Å². The number of fused-ring (bicyclic) bond motifs is 5. The number of ether oxygens (including phenoxy) is 1. The molecule has 0 saturated heterocycles. The molecule has 0 spiro atoms. The molecule has 11 atom stereocenters. The Morgan fingerprint density at radius 2 is 1.67 bits per heavy atom. The highest BCUT2D eigenvalue weighted by Crippen LogP contribution is 2.69. The minimum atomic E-state index is -4.90. The van der Waals surface area contributed by atoms with Crippen molar-refractivity contribution in [2.24, 2.45) is 52.3 Å². The van der Waals surface area contributed by atoms with Crippen LogP contribution in [-0.4, -0.2) is 49.8 Å². The summed E-state index contributed by atoms with van der Waals surface area (Å²) in [7, 11) is -4.29. The molecule has 8 nitrogen and oxygen atoms in total. The Kier molecular flexibility index (Phi) is 9.54. The quantitative estimate of drug-likeness (QED) is 0.263. The summed E-state index contributed by atoms with van der Waals surface area (Å²) in [6.45, 7) is 9.47. The average Bonchev–Trinajstić information content (AvgIpc) is 3.30. The summed E-state index contributed by atoms with van der Waals surface area (Å²) in [6, 6.07) is 2.73. The number of amides is 2. The maximum Gasteiger partial charge on any atom is 0.573 e. The van der Waals surface area contributed by atoms with E-state index in [4.69, 9.17) is 0 Å². The first-order valence-corrected chi connectivity index (χ1v) is 18.0. The van der Waals surface area contributed by atoms with Crippen molar-refractivity contribution in [1.29, 1.82) is 0 Å². The fraction of sp³-hybridized carbons (Fsp3) is 0.788. The van der Waals surface area contributed by atoms with Gasteiger partial charge < -0.3 is 20.3 Å². The van der Waals surface area contributed by atoms with E-state index in [1.165, 1.54) is 0 Å². The molecule has 2 amide bonds. The Labute approximate surface area is 264 Å². The molecule has 0 radical (unpaired) electrons. The molecule has 1 aromatic carbocycles. The molecular formula is C33H49F3N2O6S. The number of aliphatic hydroxyl groups excluding tert-OH is 2. The monoisotopic (exact) mass is 658 g/mol. The molecular weight excluding hydrogens is 609 g/mol. The number of carbonyl (C=O) groups is 1. The molecule has 0 aliphatic heterocycles. The number of hydrogen-bond acceptors (Lipinski definition) is 6. The maximum absolute atomic E-state index is 12.6. The lowest BCUT2D eigenvalue weighted by molar-refractivity contribution is -0.274. The molecule has 4 N–H and O–H groups in total. The zero-order chi connectivity index (χ0) is 32.9. The maximum atomic E-state index is 12.6. The van der Waals surface area contributed by atoms with E-state index < -0.39 is 28.2 Å². The lowest BCUT2D eigenvalue weighted by Crippen LogP contribution is -2.62. The number of urea groups is 1. The van der Waals surface area contributed by atoms with Crippen LogP contribution in [0.4, 0.5) is 18.0 Å². The number of sulfonamides is 1. The van der Waals surface area contributed by atoms with Gasteiger partial charge in [-0.25, -0.2) is 17.9 Å². The van der Waals surface area contributed by atoms with E-state index in [2.05, 4.69) is 37.7 Å². The number of hydrogen-bond donors (Lipinski definition) is 4. The zero-order valence-electron chi connectivity index (χ0n) is 26.6. The van der Waals surface area contributed by atoms with E-state index in [0.29, 0.717) is 30.1 Å². The molecule has 254 valence electrons. The third kappa shape index (κ3) is 6.57. The number of carbonyl (C=O) groups excluding carboxylic acids is 1. The van der Waals surface area contributed by atoms with E-state index in [0.717, 1.165) is 75.6 Å². The molecule has 5 unspecified atom stereocenters. The first kappa shape index (κ1) is 34.3. The molecule has 12 heteroatoms. The van der Waals surface area contributed by atoms with Gasteiger partial charge in [-0.1, -0.05) is 34.1 Å². The SMILES string of the molecule is CC[C@@H]1C2C[C@H](O)CCC2(C)[C@H]2CCC3(C)C([C@H](C)CCNC(=O)NS(=O)(=O)c4ccc(OC(F)(F)F)cc4)CC[C@H]3C2[C@@H]1O. The van der Waals surface area contributed by atoms with E-state index in [-0.39, 0.29) is 52.2 Å². The minimum absolute atomic E-state index is 0.0742. The smallest absolute Gasteiger partial charge is 0.406 e. The number of aliphatic hydroxyl groups is 2. The van der Waals surface area contributed by atoms with Gasteiger partial charge in [0, 0.05) is 6.54 Å². The van der Waals surface area contributed by atoms with Crippen molar-refractivity contribution in [3.63, 3.8) is 0 Å². The molecule has 45 heavy (non-hydrogen) atoms. The van der Waals surface area contributed by atoms with Gasteiger partial charge in [-0.2, -0.15) is 0 Å². The molecule has 0 bridgehead atoms. The molecule has 0 heterocycles. The van der Waals surface area contributed by atoms with Crippen LogP contribution in [0.1, 0.15) is 85.5 Å². The van der Waals surface area contributed by atoms with Crippen molar-refractivity contribution in [3.05, 3.63) is 24.3 Å². The molecule has 0 aromatic heterocycles. The molecule has 1 aromatic rings. The van der Waals surface area contributed by atoms with E-state index in [9.17, 15) is 36.6 Å². The summed E-state index contributed by atoms with van der Waals surface area (Å²) in [4.78, 5) is 12.1.